The van der Waals surface area contributed by atoms with Gasteiger partial charge >= 0.3 is 0 Å². The number of rotatable bonds is 0. The SMILES string of the molecule is [SiH3]c1cnnnc1[SiH3]. The summed E-state index contributed by atoms with van der Waals surface area (Å²) in [5, 5.41) is 13.4. The molecule has 0 aromatic carbocycles. The monoisotopic (exact) mass is 141 g/mol. The zero-order valence-corrected chi connectivity index (χ0v) is 8.92. The number of nitrogens with zero attached hydrogens (tertiary/aromatic N) is 3. The fourth-order valence-corrected chi connectivity index (χ4v) is 0.812. The molecule has 1 aromatic heterocycles. The Balaban J connectivity index is 3.13. The average Bonchev–Trinajstić information content (AvgIpc) is 1.77. The lowest BCUT2D eigenvalue weighted by Crippen LogP contribution is -2.30. The van der Waals surface area contributed by atoms with Crippen LogP contribution >= 0.6 is 0 Å². The molecule has 0 atom stereocenters. The van der Waals surface area contributed by atoms with E-state index in [0.29, 0.717) is 0 Å². The van der Waals surface area contributed by atoms with E-state index in [2.05, 4.69) is 15.4 Å². The van der Waals surface area contributed by atoms with Gasteiger partial charge in [-0.25, -0.2) is 0 Å². The maximum Gasteiger partial charge on any atom is 0.0647 e. The first-order valence-corrected chi connectivity index (χ1v) is 4.42. The molecule has 0 unspecified atom stereocenters. The van der Waals surface area contributed by atoms with Crippen LogP contribution in [0.2, 0.25) is 0 Å². The molecule has 8 heavy (non-hydrogen) atoms. The molecule has 0 aliphatic rings. The largest absolute Gasteiger partial charge is 0.141 e. The van der Waals surface area contributed by atoms with Crippen molar-refractivity contribution in [2.24, 2.45) is 0 Å². The minimum absolute atomic E-state index is 0.997. The average molecular weight is 141 g/mol. The van der Waals surface area contributed by atoms with Crippen molar-refractivity contribution in [3.8, 4) is 0 Å². The van der Waals surface area contributed by atoms with E-state index in [1.54, 1.807) is 6.20 Å². The van der Waals surface area contributed by atoms with Gasteiger partial charge in [0.25, 0.3) is 0 Å². The van der Waals surface area contributed by atoms with Gasteiger partial charge < -0.3 is 0 Å². The second-order valence-corrected chi connectivity index (χ2v) is 3.73. The quantitative estimate of drug-likeness (QED) is 0.344. The van der Waals surface area contributed by atoms with Gasteiger partial charge in [0.2, 0.25) is 0 Å². The summed E-state index contributed by atoms with van der Waals surface area (Å²) in [6.07, 6.45) is 1.79. The van der Waals surface area contributed by atoms with Crippen molar-refractivity contribution in [2.45, 2.75) is 0 Å². The van der Waals surface area contributed by atoms with Crippen LogP contribution in [-0.2, 0) is 0 Å². The van der Waals surface area contributed by atoms with E-state index >= 15 is 0 Å². The summed E-state index contributed by atoms with van der Waals surface area (Å²) in [4.78, 5) is 0. The van der Waals surface area contributed by atoms with Crippen molar-refractivity contribution in [1.29, 1.82) is 0 Å². The zero-order chi connectivity index (χ0) is 5.98. The highest BCUT2D eigenvalue weighted by molar-refractivity contribution is 6.47. The molecule has 1 aromatic rings. The predicted molar refractivity (Wildman–Crippen MR) is 39.0 cm³/mol. The summed E-state index contributed by atoms with van der Waals surface area (Å²) < 4.78 is 0. The van der Waals surface area contributed by atoms with Gasteiger partial charge in [-0.1, -0.05) is 0 Å². The molecular weight excluding hydrogens is 134 g/mol. The van der Waals surface area contributed by atoms with E-state index < -0.39 is 0 Å². The number of hydrogen-bond donors (Lipinski definition) is 0. The fraction of sp³-hybridized carbons (Fsp3) is 0. The first-order chi connectivity index (χ1) is 3.80. The Morgan fingerprint density at radius 1 is 1.38 bits per heavy atom. The predicted octanol–water partition coefficient (Wildman–Crippen LogP) is -4.15. The van der Waals surface area contributed by atoms with Crippen molar-refractivity contribution in [3.05, 3.63) is 6.20 Å². The summed E-state index contributed by atoms with van der Waals surface area (Å²) in [5.41, 5.74) is 0. The lowest BCUT2D eigenvalue weighted by Gasteiger charge is -1.90. The van der Waals surface area contributed by atoms with Gasteiger partial charge in [-0.3, -0.25) is 0 Å². The highest BCUT2D eigenvalue weighted by Crippen LogP contribution is 1.53. The van der Waals surface area contributed by atoms with E-state index in [1.807, 2.05) is 0 Å². The smallest absolute Gasteiger partial charge is 0.0647 e. The summed E-state index contributed by atoms with van der Waals surface area (Å²) in [5.74, 6) is 0. The second-order valence-electron chi connectivity index (χ2n) is 1.70. The van der Waals surface area contributed by atoms with Crippen molar-refractivity contribution < 1.29 is 0 Å². The normalized spacial score (nSPS) is 10.0. The Kier molecular flexibility index (Phi) is 1.49. The molecule has 0 aliphatic carbocycles. The first kappa shape index (κ1) is 5.58. The molecule has 0 amide bonds. The summed E-state index contributed by atoms with van der Waals surface area (Å²) in [6, 6.07) is 0. The Hall–Kier alpha value is -0.556. The molecule has 1 heterocycles. The molecule has 0 N–H and O–H groups in total. The first-order valence-electron chi connectivity index (χ1n) is 2.42. The van der Waals surface area contributed by atoms with Crippen molar-refractivity contribution in [2.75, 3.05) is 0 Å². The van der Waals surface area contributed by atoms with Gasteiger partial charge in [0.05, 0.1) is 16.4 Å². The topological polar surface area (TPSA) is 38.7 Å². The van der Waals surface area contributed by atoms with Crippen LogP contribution in [0.1, 0.15) is 0 Å². The van der Waals surface area contributed by atoms with Crippen molar-refractivity contribution in [1.82, 2.24) is 15.4 Å². The summed E-state index contributed by atoms with van der Waals surface area (Å²) in [7, 11) is 2.04. The van der Waals surface area contributed by atoms with Crippen LogP contribution in [0.4, 0.5) is 0 Å². The highest BCUT2D eigenvalue weighted by atomic mass is 28.2. The molecule has 5 heteroatoms. The zero-order valence-electron chi connectivity index (χ0n) is 4.92. The van der Waals surface area contributed by atoms with Crippen molar-refractivity contribution in [3.63, 3.8) is 0 Å². The molecule has 0 fully saturated rings. The van der Waals surface area contributed by atoms with Gasteiger partial charge in [0.1, 0.15) is 0 Å². The van der Waals surface area contributed by atoms with Crippen LogP contribution in [0.25, 0.3) is 0 Å². The third-order valence-corrected chi connectivity index (χ3v) is 4.04. The van der Waals surface area contributed by atoms with Crippen molar-refractivity contribution >= 4 is 31.0 Å². The van der Waals surface area contributed by atoms with Crippen LogP contribution in [-0.4, -0.2) is 35.9 Å². The minimum Gasteiger partial charge on any atom is -0.141 e. The van der Waals surface area contributed by atoms with E-state index in [4.69, 9.17) is 0 Å². The number of aromatic nitrogens is 3. The van der Waals surface area contributed by atoms with E-state index in [-0.39, 0.29) is 0 Å². The molecule has 0 radical (unpaired) electrons. The number of hydrogen-bond acceptors (Lipinski definition) is 3. The lowest BCUT2D eigenvalue weighted by atomic mass is 10.7. The minimum atomic E-state index is 0.997. The Morgan fingerprint density at radius 2 is 2.12 bits per heavy atom. The van der Waals surface area contributed by atoms with Gasteiger partial charge in [0, 0.05) is 15.6 Å². The van der Waals surface area contributed by atoms with Crippen LogP contribution in [0, 0.1) is 0 Å². The molecule has 1 rings (SSSR count). The van der Waals surface area contributed by atoms with Gasteiger partial charge in [-0.2, -0.15) is 0 Å². The third-order valence-electron chi connectivity index (χ3n) is 1.07. The summed E-state index contributed by atoms with van der Waals surface area (Å²) >= 11 is 0. The maximum atomic E-state index is 3.81. The standard InChI is InChI=1S/C3H7N3Si2/c7-2-1-4-6-5-3(2)8/h1H,7-8H3. The van der Waals surface area contributed by atoms with Gasteiger partial charge in [-0.05, 0) is 10.4 Å². The van der Waals surface area contributed by atoms with Gasteiger partial charge in [0.15, 0.2) is 0 Å². The maximum absolute atomic E-state index is 3.81. The van der Waals surface area contributed by atoms with Crippen LogP contribution < -0.4 is 10.5 Å². The molecule has 0 spiro atoms. The second kappa shape index (κ2) is 2.14. The van der Waals surface area contributed by atoms with E-state index in [1.165, 1.54) is 5.19 Å². The molecule has 3 nitrogen and oxygen atoms in total. The van der Waals surface area contributed by atoms with E-state index in [0.717, 1.165) is 25.8 Å². The van der Waals surface area contributed by atoms with E-state index in [9.17, 15) is 0 Å². The molecule has 0 bridgehead atoms. The Morgan fingerprint density at radius 3 is 2.50 bits per heavy atom. The third kappa shape index (κ3) is 0.986. The Labute approximate surface area is 53.4 Å². The van der Waals surface area contributed by atoms with Crippen LogP contribution in [0.5, 0.6) is 0 Å². The molecule has 42 valence electrons. The van der Waals surface area contributed by atoms with Crippen LogP contribution in [0.15, 0.2) is 6.20 Å². The Bertz CT molecular complexity index is 169. The highest BCUT2D eigenvalue weighted by Gasteiger charge is 1.87. The molecule has 0 aliphatic heterocycles. The van der Waals surface area contributed by atoms with Gasteiger partial charge in [-0.15, -0.1) is 10.2 Å². The molecular formula is C3H7N3Si2. The lowest BCUT2D eigenvalue weighted by molar-refractivity contribution is 0.889. The molecule has 0 saturated heterocycles. The molecule has 0 saturated carbocycles. The van der Waals surface area contributed by atoms with Crippen LogP contribution in [0.3, 0.4) is 0 Å². The summed E-state index contributed by atoms with van der Waals surface area (Å²) in [6.45, 7) is 0. The fourth-order valence-electron chi connectivity index (χ4n) is 0.378.